The Morgan fingerprint density at radius 3 is 2.00 bits per heavy atom. The van der Waals surface area contributed by atoms with Crippen LogP contribution in [0.5, 0.6) is 0 Å². The van der Waals surface area contributed by atoms with E-state index in [1.54, 1.807) is 19.3 Å². The fourth-order valence-electron chi connectivity index (χ4n) is 10.7. The average Bonchev–Trinajstić information content (AvgIpc) is 3.44. The van der Waals surface area contributed by atoms with Gasteiger partial charge >= 0.3 is 0 Å². The van der Waals surface area contributed by atoms with Crippen molar-refractivity contribution in [2.24, 2.45) is 23.7 Å². The van der Waals surface area contributed by atoms with Crippen LogP contribution in [-0.2, 0) is 0 Å². The van der Waals surface area contributed by atoms with Crippen LogP contribution in [0.1, 0.15) is 116 Å². The van der Waals surface area contributed by atoms with E-state index in [0.29, 0.717) is 0 Å². The van der Waals surface area contributed by atoms with Crippen molar-refractivity contribution in [3.05, 3.63) is 0 Å². The van der Waals surface area contributed by atoms with Gasteiger partial charge in [0, 0.05) is 40.7 Å². The van der Waals surface area contributed by atoms with Crippen LogP contribution in [-0.4, -0.2) is 57.1 Å². The lowest BCUT2D eigenvalue weighted by Gasteiger charge is -2.59. The van der Waals surface area contributed by atoms with Gasteiger partial charge < -0.3 is 0 Å². The minimum absolute atomic E-state index is 0.910. The van der Waals surface area contributed by atoms with Gasteiger partial charge in [0.2, 0.25) is 0 Å². The summed E-state index contributed by atoms with van der Waals surface area (Å²) in [5.41, 5.74) is 0. The van der Waals surface area contributed by atoms with Crippen LogP contribution in [0.25, 0.3) is 0 Å². The molecule has 2 aliphatic heterocycles. The molecule has 0 radical (unpaired) electrons. The molecule has 7 aliphatic rings. The van der Waals surface area contributed by atoms with E-state index in [4.69, 9.17) is 0 Å². The van der Waals surface area contributed by atoms with Gasteiger partial charge in [-0.1, -0.05) is 45.4 Å². The Balaban J connectivity index is 1.20. The Morgan fingerprint density at radius 2 is 1.24 bits per heavy atom. The molecule has 11 unspecified atom stereocenters. The summed E-state index contributed by atoms with van der Waals surface area (Å²) in [6.07, 6.45) is 25.9. The lowest BCUT2D eigenvalue weighted by molar-refractivity contribution is -0.0432. The van der Waals surface area contributed by atoms with E-state index >= 15 is 0 Å². The van der Waals surface area contributed by atoms with E-state index < -0.39 is 0 Å². The van der Waals surface area contributed by atoms with E-state index in [9.17, 15) is 0 Å². The molecule has 2 nitrogen and oxygen atoms in total. The summed E-state index contributed by atoms with van der Waals surface area (Å²) in [6, 6.07) is 4.63. The fraction of sp³-hybridized carbons (Fsp3) is 1.00. The largest absolute Gasteiger partial charge is 0.297 e. The monoisotopic (exact) mass is 470 g/mol. The zero-order valence-electron chi connectivity index (χ0n) is 21.4. The van der Waals surface area contributed by atoms with Crippen LogP contribution >= 0.6 is 11.8 Å². The highest BCUT2D eigenvalue weighted by atomic mass is 32.2. The van der Waals surface area contributed by atoms with Gasteiger partial charge in [0.15, 0.2) is 0 Å². The first kappa shape index (κ1) is 22.5. The maximum atomic E-state index is 3.33. The van der Waals surface area contributed by atoms with Crippen LogP contribution in [0.15, 0.2) is 0 Å². The van der Waals surface area contributed by atoms with Gasteiger partial charge in [-0.25, -0.2) is 0 Å². The molecule has 0 amide bonds. The van der Waals surface area contributed by atoms with Crippen molar-refractivity contribution >= 4 is 11.8 Å². The van der Waals surface area contributed by atoms with Gasteiger partial charge in [0.25, 0.3) is 0 Å². The molecule has 0 bridgehead atoms. The molecule has 0 aromatic carbocycles. The first-order chi connectivity index (χ1) is 16.3. The summed E-state index contributed by atoms with van der Waals surface area (Å²) in [7, 11) is 0. The lowest BCUT2D eigenvalue weighted by Crippen LogP contribution is -2.65. The molecule has 7 fully saturated rings. The van der Waals surface area contributed by atoms with Crippen LogP contribution in [0.4, 0.5) is 0 Å². The third kappa shape index (κ3) is 3.97. The predicted octanol–water partition coefficient (Wildman–Crippen LogP) is 7.12. The number of likely N-dealkylation sites (tertiary alicyclic amines) is 1. The minimum Gasteiger partial charge on any atom is -0.297 e. The first-order valence-electron chi connectivity index (χ1n) is 15.4. The fourth-order valence-corrected chi connectivity index (χ4v) is 12.7. The molecule has 2 saturated heterocycles. The molecule has 0 N–H and O–H groups in total. The Labute approximate surface area is 208 Å². The Hall–Kier alpha value is 0.270. The molecule has 0 spiro atoms. The van der Waals surface area contributed by atoms with Crippen molar-refractivity contribution in [2.75, 3.05) is 6.54 Å². The molecule has 3 heteroatoms. The molecule has 33 heavy (non-hydrogen) atoms. The van der Waals surface area contributed by atoms with Crippen molar-refractivity contribution in [2.45, 2.75) is 157 Å². The van der Waals surface area contributed by atoms with Gasteiger partial charge in [0.05, 0.1) is 0 Å². The van der Waals surface area contributed by atoms with Gasteiger partial charge in [-0.2, -0.15) is 11.8 Å². The van der Waals surface area contributed by atoms with Crippen LogP contribution in [0.3, 0.4) is 0 Å². The highest BCUT2D eigenvalue weighted by Crippen LogP contribution is 2.54. The summed E-state index contributed by atoms with van der Waals surface area (Å²) in [4.78, 5) is 6.46. The number of thioether (sulfide) groups is 1. The third-order valence-corrected chi connectivity index (χ3v) is 13.7. The Bertz CT molecular complexity index is 675. The summed E-state index contributed by atoms with van der Waals surface area (Å²) >= 11 is 2.48. The van der Waals surface area contributed by atoms with E-state index in [1.165, 1.54) is 96.4 Å². The van der Waals surface area contributed by atoms with Crippen molar-refractivity contribution in [3.8, 4) is 0 Å². The molecule has 5 saturated carbocycles. The number of nitrogens with zero attached hydrogens (tertiary/aromatic N) is 2. The minimum atomic E-state index is 0.910. The molecule has 2 heterocycles. The second kappa shape index (κ2) is 9.29. The zero-order valence-corrected chi connectivity index (χ0v) is 22.2. The number of hydrogen-bond donors (Lipinski definition) is 0. The summed E-state index contributed by atoms with van der Waals surface area (Å²) in [5.74, 6) is 4.08. The quantitative estimate of drug-likeness (QED) is 0.424. The topological polar surface area (TPSA) is 6.48 Å². The van der Waals surface area contributed by atoms with Gasteiger partial charge in [-0.15, -0.1) is 0 Å². The summed E-state index contributed by atoms with van der Waals surface area (Å²) in [6.45, 7) is 4.03. The summed E-state index contributed by atoms with van der Waals surface area (Å²) in [5, 5.41) is 1.93. The maximum Gasteiger partial charge on any atom is 0.0221 e. The molecule has 186 valence electrons. The van der Waals surface area contributed by atoms with E-state index in [1.807, 2.05) is 0 Å². The molecule has 5 aliphatic carbocycles. The maximum absolute atomic E-state index is 3.33. The molecular formula is C30H50N2S. The normalized spacial score (nSPS) is 53.2. The average molecular weight is 471 g/mol. The molecule has 7 rings (SSSR count). The highest BCUT2D eigenvalue weighted by Gasteiger charge is 2.54. The van der Waals surface area contributed by atoms with Crippen LogP contribution in [0.2, 0.25) is 0 Å². The second-order valence-electron chi connectivity index (χ2n) is 13.7. The first-order valence-corrected chi connectivity index (χ1v) is 16.4. The summed E-state index contributed by atoms with van der Waals surface area (Å²) < 4.78 is 0. The van der Waals surface area contributed by atoms with Crippen molar-refractivity contribution < 1.29 is 0 Å². The van der Waals surface area contributed by atoms with Crippen LogP contribution < -0.4 is 0 Å². The number of rotatable bonds is 2. The SMILES string of the molecule is CC1CC2CC(N3CCC4CCCCC43)CC(N3C4CCCCC4SC4CCCCC43)C2C1. The van der Waals surface area contributed by atoms with Crippen molar-refractivity contribution in [1.29, 1.82) is 0 Å². The Kier molecular flexibility index (Phi) is 6.33. The standard InChI is InChI=1S/C30H50N2S/c1-20-16-22-18-23(31-15-14-21-8-2-3-9-25(21)31)19-28(24(22)17-20)32-26-10-4-6-12-29(26)33-30-13-7-5-11-27(30)32/h20-30H,2-19H2,1H3. The van der Waals surface area contributed by atoms with Crippen molar-refractivity contribution in [3.63, 3.8) is 0 Å². The Morgan fingerprint density at radius 1 is 0.576 bits per heavy atom. The van der Waals surface area contributed by atoms with E-state index in [-0.39, 0.29) is 0 Å². The number of fused-ring (bicyclic) bond motifs is 4. The van der Waals surface area contributed by atoms with Gasteiger partial charge in [0.1, 0.15) is 0 Å². The highest BCUT2D eigenvalue weighted by molar-refractivity contribution is 8.00. The molecular weight excluding hydrogens is 420 g/mol. The molecule has 0 aromatic rings. The smallest absolute Gasteiger partial charge is 0.0221 e. The van der Waals surface area contributed by atoms with Gasteiger partial charge in [-0.05, 0) is 101 Å². The van der Waals surface area contributed by atoms with E-state index in [2.05, 4.69) is 28.5 Å². The van der Waals surface area contributed by atoms with Gasteiger partial charge in [-0.3, -0.25) is 9.80 Å². The zero-order chi connectivity index (χ0) is 21.9. The lowest BCUT2D eigenvalue weighted by atomic mass is 9.72. The second-order valence-corrected chi connectivity index (χ2v) is 15.2. The van der Waals surface area contributed by atoms with Crippen molar-refractivity contribution in [1.82, 2.24) is 9.80 Å². The van der Waals surface area contributed by atoms with E-state index in [0.717, 1.165) is 64.4 Å². The number of hydrogen-bond acceptors (Lipinski definition) is 3. The molecule has 11 atom stereocenters. The van der Waals surface area contributed by atoms with Crippen LogP contribution in [0, 0.1) is 23.7 Å². The predicted molar refractivity (Wildman–Crippen MR) is 141 cm³/mol. The molecule has 0 aromatic heterocycles. The third-order valence-electron chi connectivity index (χ3n) is 11.9.